The van der Waals surface area contributed by atoms with E-state index in [2.05, 4.69) is 27.1 Å². The molecule has 1 aromatic carbocycles. The van der Waals surface area contributed by atoms with Gasteiger partial charge in [0.2, 0.25) is 5.95 Å². The normalized spacial score (nSPS) is 14.4. The number of nitrogens with zero attached hydrogens (tertiary/aromatic N) is 4. The van der Waals surface area contributed by atoms with Crippen molar-refractivity contribution in [3.63, 3.8) is 0 Å². The van der Waals surface area contributed by atoms with Gasteiger partial charge in [0.05, 0.1) is 12.1 Å². The molecule has 0 spiro atoms. The van der Waals surface area contributed by atoms with Gasteiger partial charge in [-0.1, -0.05) is 25.5 Å². The predicted molar refractivity (Wildman–Crippen MR) is 122 cm³/mol. The summed E-state index contributed by atoms with van der Waals surface area (Å²) in [6.07, 6.45) is 6.00. The fraction of sp³-hybridized carbons (Fsp3) is 0.435. The number of anilines is 2. The van der Waals surface area contributed by atoms with Crippen LogP contribution in [-0.4, -0.2) is 39.1 Å². The lowest BCUT2D eigenvalue weighted by Gasteiger charge is -2.16. The number of rotatable bonds is 8. The standard InChI is InChI=1S/C23H29FN6O/c1-2-3-9-26-21-20-19(27-23(25)28-21)8-12-30(22(20)31)14-16-6-7-17(18(24)13-16)15-29-10-4-5-11-29/h6-8,12-13H,2-5,9-11,14-15H2,1H3,(H3,25,26,27,28). The van der Waals surface area contributed by atoms with E-state index in [0.29, 0.717) is 35.4 Å². The van der Waals surface area contributed by atoms with E-state index in [1.54, 1.807) is 16.8 Å². The van der Waals surface area contributed by atoms with Crippen LogP contribution in [0.3, 0.4) is 0 Å². The molecule has 0 amide bonds. The highest BCUT2D eigenvalue weighted by Crippen LogP contribution is 2.19. The van der Waals surface area contributed by atoms with Crippen LogP contribution in [0.2, 0.25) is 0 Å². The Morgan fingerprint density at radius 3 is 2.71 bits per heavy atom. The van der Waals surface area contributed by atoms with Gasteiger partial charge in [-0.05, 0) is 50.0 Å². The molecule has 0 atom stereocenters. The summed E-state index contributed by atoms with van der Waals surface area (Å²) in [7, 11) is 0. The summed E-state index contributed by atoms with van der Waals surface area (Å²) in [4.78, 5) is 23.9. The minimum Gasteiger partial charge on any atom is -0.369 e. The Balaban J connectivity index is 1.60. The summed E-state index contributed by atoms with van der Waals surface area (Å²) < 4.78 is 16.2. The molecular weight excluding hydrogens is 395 g/mol. The Morgan fingerprint density at radius 2 is 1.97 bits per heavy atom. The molecule has 2 aromatic heterocycles. The summed E-state index contributed by atoms with van der Waals surface area (Å²) in [6.45, 7) is 5.74. The molecule has 0 saturated carbocycles. The quantitative estimate of drug-likeness (QED) is 0.539. The molecule has 1 aliphatic heterocycles. The second-order valence-corrected chi connectivity index (χ2v) is 8.13. The molecule has 31 heavy (non-hydrogen) atoms. The van der Waals surface area contributed by atoms with Crippen molar-refractivity contribution in [2.45, 2.75) is 45.7 Å². The molecule has 0 bridgehead atoms. The lowest BCUT2D eigenvalue weighted by atomic mass is 10.1. The van der Waals surface area contributed by atoms with Crippen LogP contribution in [0.4, 0.5) is 16.2 Å². The maximum absolute atomic E-state index is 14.7. The molecule has 3 aromatic rings. The first-order valence-electron chi connectivity index (χ1n) is 11.0. The van der Waals surface area contributed by atoms with Gasteiger partial charge in [0, 0.05) is 24.8 Å². The molecule has 3 N–H and O–H groups in total. The number of unbranched alkanes of at least 4 members (excludes halogenated alkanes) is 1. The Kier molecular flexibility index (Phi) is 6.46. The average molecular weight is 425 g/mol. The van der Waals surface area contributed by atoms with Crippen molar-refractivity contribution in [2.24, 2.45) is 0 Å². The summed E-state index contributed by atoms with van der Waals surface area (Å²) in [5.41, 5.74) is 7.52. The summed E-state index contributed by atoms with van der Waals surface area (Å²) in [5.74, 6) is 0.345. The molecule has 0 aliphatic carbocycles. The highest BCUT2D eigenvalue weighted by molar-refractivity contribution is 5.89. The Morgan fingerprint density at radius 1 is 1.16 bits per heavy atom. The molecule has 1 aliphatic rings. The van der Waals surface area contributed by atoms with E-state index < -0.39 is 0 Å². The second-order valence-electron chi connectivity index (χ2n) is 8.13. The van der Waals surface area contributed by atoms with Crippen LogP contribution in [0.15, 0.2) is 35.3 Å². The van der Waals surface area contributed by atoms with Gasteiger partial charge >= 0.3 is 0 Å². The van der Waals surface area contributed by atoms with Crippen molar-refractivity contribution in [2.75, 3.05) is 30.7 Å². The van der Waals surface area contributed by atoms with Crippen molar-refractivity contribution >= 4 is 22.7 Å². The molecule has 1 saturated heterocycles. The molecule has 8 heteroatoms. The van der Waals surface area contributed by atoms with E-state index in [0.717, 1.165) is 31.5 Å². The molecule has 3 heterocycles. The van der Waals surface area contributed by atoms with E-state index in [9.17, 15) is 9.18 Å². The van der Waals surface area contributed by atoms with Crippen LogP contribution in [0, 0.1) is 5.82 Å². The maximum atomic E-state index is 14.7. The summed E-state index contributed by atoms with van der Waals surface area (Å²) in [6, 6.07) is 7.00. The first-order valence-corrected chi connectivity index (χ1v) is 11.0. The van der Waals surface area contributed by atoms with Crippen LogP contribution in [0.1, 0.15) is 43.7 Å². The van der Waals surface area contributed by atoms with Crippen molar-refractivity contribution < 1.29 is 4.39 Å². The van der Waals surface area contributed by atoms with E-state index in [4.69, 9.17) is 5.73 Å². The Bertz CT molecular complexity index is 1120. The van der Waals surface area contributed by atoms with E-state index >= 15 is 0 Å². The third kappa shape index (κ3) is 4.85. The molecule has 0 radical (unpaired) electrons. The van der Waals surface area contributed by atoms with Gasteiger partial charge in [-0.15, -0.1) is 0 Å². The average Bonchev–Trinajstić information content (AvgIpc) is 3.25. The van der Waals surface area contributed by atoms with Crippen molar-refractivity contribution in [3.05, 3.63) is 57.8 Å². The van der Waals surface area contributed by atoms with Crippen LogP contribution in [-0.2, 0) is 13.1 Å². The van der Waals surface area contributed by atoms with E-state index in [-0.39, 0.29) is 23.9 Å². The zero-order valence-corrected chi connectivity index (χ0v) is 17.9. The number of pyridine rings is 1. The van der Waals surface area contributed by atoms with E-state index in [1.165, 1.54) is 18.9 Å². The van der Waals surface area contributed by atoms with Gasteiger partial charge in [0.1, 0.15) is 17.0 Å². The number of aromatic nitrogens is 3. The van der Waals surface area contributed by atoms with Crippen LogP contribution < -0.4 is 16.6 Å². The number of benzene rings is 1. The van der Waals surface area contributed by atoms with Gasteiger partial charge in [-0.3, -0.25) is 9.69 Å². The number of likely N-dealkylation sites (tertiary alicyclic amines) is 1. The highest BCUT2D eigenvalue weighted by Gasteiger charge is 2.15. The van der Waals surface area contributed by atoms with Gasteiger partial charge in [0.15, 0.2) is 0 Å². The Hall–Kier alpha value is -3.00. The third-order valence-corrected chi connectivity index (χ3v) is 5.73. The van der Waals surface area contributed by atoms with Crippen LogP contribution in [0.5, 0.6) is 0 Å². The summed E-state index contributed by atoms with van der Waals surface area (Å²) in [5, 5.41) is 3.60. The van der Waals surface area contributed by atoms with Gasteiger partial charge in [-0.2, -0.15) is 4.98 Å². The van der Waals surface area contributed by atoms with Crippen molar-refractivity contribution in [1.29, 1.82) is 0 Å². The van der Waals surface area contributed by atoms with Gasteiger partial charge < -0.3 is 15.6 Å². The number of fused-ring (bicyclic) bond motifs is 1. The number of halogens is 1. The number of nitrogens with one attached hydrogen (secondary N) is 1. The number of nitrogen functional groups attached to an aromatic ring is 1. The molecule has 0 unspecified atom stereocenters. The van der Waals surface area contributed by atoms with E-state index in [1.807, 2.05) is 12.1 Å². The molecule has 1 fully saturated rings. The zero-order valence-electron chi connectivity index (χ0n) is 17.9. The molecule has 4 rings (SSSR count). The minimum absolute atomic E-state index is 0.124. The fourth-order valence-corrected chi connectivity index (χ4v) is 4.03. The van der Waals surface area contributed by atoms with Crippen LogP contribution >= 0.6 is 0 Å². The lowest BCUT2D eigenvalue weighted by Crippen LogP contribution is -2.23. The lowest BCUT2D eigenvalue weighted by molar-refractivity contribution is 0.325. The predicted octanol–water partition coefficient (Wildman–Crippen LogP) is 3.37. The first kappa shape index (κ1) is 21.2. The largest absolute Gasteiger partial charge is 0.369 e. The summed E-state index contributed by atoms with van der Waals surface area (Å²) >= 11 is 0. The minimum atomic E-state index is -0.226. The van der Waals surface area contributed by atoms with Gasteiger partial charge in [-0.25, -0.2) is 9.37 Å². The monoisotopic (exact) mass is 424 g/mol. The van der Waals surface area contributed by atoms with Crippen LogP contribution in [0.25, 0.3) is 10.9 Å². The van der Waals surface area contributed by atoms with Gasteiger partial charge in [0.25, 0.3) is 5.56 Å². The SMILES string of the molecule is CCCCNc1nc(N)nc2ccn(Cc3ccc(CN4CCCC4)c(F)c3)c(=O)c12. The number of hydrogen-bond donors (Lipinski definition) is 2. The topological polar surface area (TPSA) is 89.1 Å². The third-order valence-electron chi connectivity index (χ3n) is 5.73. The highest BCUT2D eigenvalue weighted by atomic mass is 19.1. The first-order chi connectivity index (χ1) is 15.0. The maximum Gasteiger partial charge on any atom is 0.264 e. The number of nitrogens with two attached hydrogens (primary N) is 1. The second kappa shape index (κ2) is 9.43. The molecule has 164 valence electrons. The Labute approximate surface area is 181 Å². The smallest absolute Gasteiger partial charge is 0.264 e. The van der Waals surface area contributed by atoms with Crippen molar-refractivity contribution in [3.8, 4) is 0 Å². The molecule has 7 nitrogen and oxygen atoms in total. The zero-order chi connectivity index (χ0) is 21.8. The number of hydrogen-bond acceptors (Lipinski definition) is 6. The fourth-order valence-electron chi connectivity index (χ4n) is 4.03. The molecular formula is C23H29FN6O. The van der Waals surface area contributed by atoms with Crippen molar-refractivity contribution in [1.82, 2.24) is 19.4 Å².